The van der Waals surface area contributed by atoms with Crippen LogP contribution in [-0.2, 0) is 13.0 Å². The second-order valence-electron chi connectivity index (χ2n) is 8.09. The van der Waals surface area contributed by atoms with Crippen molar-refractivity contribution in [1.82, 2.24) is 14.9 Å². The zero-order valence-electron chi connectivity index (χ0n) is 18.9. The first-order valence-electron chi connectivity index (χ1n) is 11.0. The number of imidazole rings is 1. The molecule has 0 atom stereocenters. The fourth-order valence-electron chi connectivity index (χ4n) is 4.01. The first kappa shape index (κ1) is 21.6. The van der Waals surface area contributed by atoms with Crippen LogP contribution in [-0.4, -0.2) is 29.1 Å². The van der Waals surface area contributed by atoms with Crippen LogP contribution in [0, 0.1) is 13.8 Å². The number of hydrogen-bond acceptors (Lipinski definition) is 3. The van der Waals surface area contributed by atoms with Gasteiger partial charge < -0.3 is 14.6 Å². The smallest absolute Gasteiger partial charge is 0.255 e. The van der Waals surface area contributed by atoms with Crippen LogP contribution >= 0.6 is 0 Å². The molecule has 5 nitrogen and oxygen atoms in total. The van der Waals surface area contributed by atoms with Crippen molar-refractivity contribution in [3.8, 4) is 5.75 Å². The van der Waals surface area contributed by atoms with Crippen LogP contribution in [0.2, 0.25) is 0 Å². The first-order valence-corrected chi connectivity index (χ1v) is 11.0. The summed E-state index contributed by atoms with van der Waals surface area (Å²) in [5.41, 5.74) is 6.54. The lowest BCUT2D eigenvalue weighted by Crippen LogP contribution is -2.25. The maximum Gasteiger partial charge on any atom is 0.255 e. The Morgan fingerprint density at radius 1 is 1.03 bits per heavy atom. The van der Waals surface area contributed by atoms with E-state index in [1.165, 1.54) is 16.7 Å². The lowest BCUT2D eigenvalue weighted by Gasteiger charge is -2.13. The molecule has 0 aliphatic carbocycles. The van der Waals surface area contributed by atoms with Gasteiger partial charge in [0.05, 0.1) is 23.7 Å². The van der Waals surface area contributed by atoms with Crippen molar-refractivity contribution in [2.75, 3.05) is 13.7 Å². The van der Waals surface area contributed by atoms with Gasteiger partial charge in [-0.25, -0.2) is 4.98 Å². The molecule has 0 fully saturated rings. The van der Waals surface area contributed by atoms with E-state index in [4.69, 9.17) is 9.72 Å². The summed E-state index contributed by atoms with van der Waals surface area (Å²) in [4.78, 5) is 17.4. The number of nitrogens with one attached hydrogen (secondary N) is 1. The van der Waals surface area contributed by atoms with Crippen LogP contribution in [0.1, 0.15) is 39.3 Å². The molecule has 32 heavy (non-hydrogen) atoms. The van der Waals surface area contributed by atoms with E-state index in [2.05, 4.69) is 60.1 Å². The van der Waals surface area contributed by atoms with Crippen LogP contribution in [0.4, 0.5) is 0 Å². The molecule has 1 aromatic heterocycles. The molecule has 1 heterocycles. The van der Waals surface area contributed by atoms with Crippen LogP contribution in [0.15, 0.2) is 66.7 Å². The molecule has 0 bridgehead atoms. The molecule has 1 N–H and O–H groups in total. The van der Waals surface area contributed by atoms with E-state index in [0.717, 1.165) is 36.2 Å². The Labute approximate surface area is 189 Å². The quantitative estimate of drug-likeness (QED) is 0.399. The van der Waals surface area contributed by atoms with Gasteiger partial charge in [0.1, 0.15) is 11.6 Å². The highest BCUT2D eigenvalue weighted by Gasteiger charge is 2.13. The Balaban J connectivity index is 1.48. The zero-order valence-corrected chi connectivity index (χ0v) is 18.9. The monoisotopic (exact) mass is 427 g/mol. The van der Waals surface area contributed by atoms with Gasteiger partial charge in [0.2, 0.25) is 0 Å². The number of carbonyl (C=O) groups is 1. The highest BCUT2D eigenvalue weighted by molar-refractivity contribution is 5.96. The standard InChI is InChI=1S/C27H29N3O2/c1-19-14-15-20(2)21(17-19)18-30-24-11-6-5-10-23(24)29-26(30)13-8-16-28-27(31)22-9-4-7-12-25(22)32-3/h4-7,9-12,14-15,17H,8,13,16,18H2,1-3H3,(H,28,31). The summed E-state index contributed by atoms with van der Waals surface area (Å²) in [6, 6.07) is 22.1. The van der Waals surface area contributed by atoms with E-state index in [0.29, 0.717) is 17.9 Å². The molecule has 0 spiro atoms. The van der Waals surface area contributed by atoms with Gasteiger partial charge in [-0.2, -0.15) is 0 Å². The first-order chi connectivity index (χ1) is 15.6. The fourth-order valence-corrected chi connectivity index (χ4v) is 4.01. The van der Waals surface area contributed by atoms with Crippen molar-refractivity contribution in [3.05, 3.63) is 94.8 Å². The highest BCUT2D eigenvalue weighted by Crippen LogP contribution is 2.21. The second kappa shape index (κ2) is 9.69. The molecular formula is C27H29N3O2. The average Bonchev–Trinajstić information content (AvgIpc) is 3.16. The lowest BCUT2D eigenvalue weighted by atomic mass is 10.1. The number of nitrogens with zero attached hydrogens (tertiary/aromatic N) is 2. The molecule has 0 aliphatic rings. The number of aromatic nitrogens is 2. The molecule has 0 unspecified atom stereocenters. The van der Waals surface area contributed by atoms with Gasteiger partial charge in [-0.3, -0.25) is 4.79 Å². The van der Waals surface area contributed by atoms with Crippen molar-refractivity contribution in [3.63, 3.8) is 0 Å². The van der Waals surface area contributed by atoms with E-state index >= 15 is 0 Å². The molecule has 164 valence electrons. The summed E-state index contributed by atoms with van der Waals surface area (Å²) < 4.78 is 7.60. The molecule has 0 radical (unpaired) electrons. The topological polar surface area (TPSA) is 56.1 Å². The summed E-state index contributed by atoms with van der Waals surface area (Å²) in [6.07, 6.45) is 1.59. The van der Waals surface area contributed by atoms with Crippen LogP contribution in [0.3, 0.4) is 0 Å². The molecule has 4 aromatic rings. The Morgan fingerprint density at radius 2 is 1.81 bits per heavy atom. The number of benzene rings is 3. The fraction of sp³-hybridized carbons (Fsp3) is 0.259. The van der Waals surface area contributed by atoms with Gasteiger partial charge >= 0.3 is 0 Å². The average molecular weight is 428 g/mol. The van der Waals surface area contributed by atoms with E-state index in [-0.39, 0.29) is 5.91 Å². The van der Waals surface area contributed by atoms with Gasteiger partial charge in [0.25, 0.3) is 5.91 Å². The molecule has 0 saturated carbocycles. The molecule has 5 heteroatoms. The van der Waals surface area contributed by atoms with Crippen molar-refractivity contribution < 1.29 is 9.53 Å². The van der Waals surface area contributed by atoms with Gasteiger partial charge in [-0.05, 0) is 55.7 Å². The summed E-state index contributed by atoms with van der Waals surface area (Å²) in [6.45, 7) is 5.64. The third-order valence-electron chi connectivity index (χ3n) is 5.78. The van der Waals surface area contributed by atoms with Crippen molar-refractivity contribution in [2.24, 2.45) is 0 Å². The van der Waals surface area contributed by atoms with Crippen molar-refractivity contribution in [1.29, 1.82) is 0 Å². The second-order valence-corrected chi connectivity index (χ2v) is 8.09. The lowest BCUT2D eigenvalue weighted by molar-refractivity contribution is 0.0950. The van der Waals surface area contributed by atoms with Gasteiger partial charge in [-0.15, -0.1) is 0 Å². The minimum Gasteiger partial charge on any atom is -0.496 e. The summed E-state index contributed by atoms with van der Waals surface area (Å²) in [5, 5.41) is 3.01. The summed E-state index contributed by atoms with van der Waals surface area (Å²) in [5.74, 6) is 1.50. The third-order valence-corrected chi connectivity index (χ3v) is 5.78. The molecule has 0 aliphatic heterocycles. The Bertz CT molecular complexity index is 1240. The third kappa shape index (κ3) is 4.67. The maximum atomic E-state index is 12.5. The van der Waals surface area contributed by atoms with E-state index in [1.54, 1.807) is 19.2 Å². The minimum absolute atomic E-state index is 0.119. The molecule has 4 rings (SSSR count). The number of methoxy groups -OCH3 is 1. The molecular weight excluding hydrogens is 398 g/mol. The maximum absolute atomic E-state index is 12.5. The summed E-state index contributed by atoms with van der Waals surface area (Å²) >= 11 is 0. The van der Waals surface area contributed by atoms with E-state index in [9.17, 15) is 4.79 Å². The van der Waals surface area contributed by atoms with Crippen molar-refractivity contribution >= 4 is 16.9 Å². The number of fused-ring (bicyclic) bond motifs is 1. The zero-order chi connectivity index (χ0) is 22.5. The van der Waals surface area contributed by atoms with Crippen molar-refractivity contribution in [2.45, 2.75) is 33.2 Å². The minimum atomic E-state index is -0.119. The van der Waals surface area contributed by atoms with Crippen LogP contribution in [0.5, 0.6) is 5.75 Å². The van der Waals surface area contributed by atoms with Gasteiger partial charge in [-0.1, -0.05) is 48.0 Å². The van der Waals surface area contributed by atoms with Crippen LogP contribution in [0.25, 0.3) is 11.0 Å². The Kier molecular flexibility index (Phi) is 6.55. The number of aryl methyl sites for hydroxylation is 3. The Hall–Kier alpha value is -3.60. The number of para-hydroxylation sites is 3. The number of ether oxygens (including phenoxy) is 1. The predicted octanol–water partition coefficient (Wildman–Crippen LogP) is 5.07. The molecule has 0 saturated heterocycles. The molecule has 1 amide bonds. The predicted molar refractivity (Wildman–Crippen MR) is 128 cm³/mol. The van der Waals surface area contributed by atoms with Gasteiger partial charge in [0.15, 0.2) is 0 Å². The largest absolute Gasteiger partial charge is 0.496 e. The van der Waals surface area contributed by atoms with E-state index < -0.39 is 0 Å². The normalized spacial score (nSPS) is 11.0. The van der Waals surface area contributed by atoms with Crippen LogP contribution < -0.4 is 10.1 Å². The number of amides is 1. The number of carbonyl (C=O) groups excluding carboxylic acids is 1. The SMILES string of the molecule is COc1ccccc1C(=O)NCCCc1nc2ccccc2n1Cc1cc(C)ccc1C. The summed E-state index contributed by atoms with van der Waals surface area (Å²) in [7, 11) is 1.58. The number of hydrogen-bond donors (Lipinski definition) is 1. The molecule has 3 aromatic carbocycles. The highest BCUT2D eigenvalue weighted by atomic mass is 16.5. The van der Waals surface area contributed by atoms with Gasteiger partial charge in [0, 0.05) is 19.5 Å². The number of rotatable bonds is 8. The van der Waals surface area contributed by atoms with E-state index in [1.807, 2.05) is 18.2 Å². The Morgan fingerprint density at radius 3 is 2.66 bits per heavy atom.